The summed E-state index contributed by atoms with van der Waals surface area (Å²) < 4.78 is 103. The van der Waals surface area contributed by atoms with E-state index >= 15 is 0 Å². The van der Waals surface area contributed by atoms with Crippen LogP contribution in [0.1, 0.15) is 18.7 Å². The van der Waals surface area contributed by atoms with E-state index < -0.39 is 135 Å². The lowest BCUT2D eigenvalue weighted by atomic mass is 10.1. The molecule has 6 aromatic heterocycles. The van der Waals surface area contributed by atoms with E-state index in [-0.39, 0.29) is 51.2 Å². The number of rotatable bonds is 20. The molecule has 9 heterocycles. The number of H-pyrrole nitrogens is 2. The van der Waals surface area contributed by atoms with Gasteiger partial charge in [0.25, 0.3) is 16.7 Å². The molecule has 76 heavy (non-hydrogen) atoms. The highest BCUT2D eigenvalue weighted by atomic mass is 32.5. The summed E-state index contributed by atoms with van der Waals surface area (Å²) in [6.45, 7) is -7.54. The van der Waals surface area contributed by atoms with Crippen molar-refractivity contribution >= 4 is 93.2 Å². The van der Waals surface area contributed by atoms with Crippen LogP contribution in [0.3, 0.4) is 0 Å². The zero-order valence-corrected chi connectivity index (χ0v) is 43.3. The highest BCUT2D eigenvalue weighted by molar-refractivity contribution is 8.07. The Bertz CT molecular complexity index is 3490. The summed E-state index contributed by atoms with van der Waals surface area (Å²) >= 11 is 5.29. The molecule has 0 spiro atoms. The van der Waals surface area contributed by atoms with Crippen molar-refractivity contribution in [1.82, 2.24) is 53.6 Å². The Labute approximate surface area is 427 Å². The van der Waals surface area contributed by atoms with Gasteiger partial charge in [-0.25, -0.2) is 38.2 Å². The Kier molecular flexibility index (Phi) is 15.6. The Morgan fingerprint density at radius 1 is 0.658 bits per heavy atom. The SMILES string of the molecule is COC1C(COP(=O)(O)OP(=O)(O)OP(=O)(O)OCC2OC(n3cnc4c(N)ncnc43)C(OC)C2OP(O)(=S)OCC2OC(n3cnc4c(=O)[nH]c(N)nc43)C(O)C2O)OC(n2c[n+](C)c3c(=O)[nH]c(N)nc32)C1O. The first kappa shape index (κ1) is 56.0. The lowest BCUT2D eigenvalue weighted by molar-refractivity contribution is -0.646. The summed E-state index contributed by atoms with van der Waals surface area (Å²) in [5.41, 5.74) is 15.9. The summed E-state index contributed by atoms with van der Waals surface area (Å²) in [5, 5.41) is 33.0. The molecule has 3 fully saturated rings. The maximum absolute atomic E-state index is 13.3. The molecule has 0 aromatic carbocycles. The normalized spacial score (nSPS) is 30.2. The third kappa shape index (κ3) is 11.1. The third-order valence-electron chi connectivity index (χ3n) is 11.8. The summed E-state index contributed by atoms with van der Waals surface area (Å²) in [6, 6.07) is 0. The van der Waals surface area contributed by atoms with E-state index in [1.165, 1.54) is 33.4 Å². The minimum absolute atomic E-state index is 0.0300. The molecular weight excluding hydrogens is 1130 g/mol. The Morgan fingerprint density at radius 3 is 1.84 bits per heavy atom. The molecule has 0 amide bonds. The van der Waals surface area contributed by atoms with Crippen molar-refractivity contribution in [3.63, 3.8) is 0 Å². The van der Waals surface area contributed by atoms with E-state index in [9.17, 15) is 58.2 Å². The zero-order chi connectivity index (χ0) is 55.0. The van der Waals surface area contributed by atoms with Crippen LogP contribution in [0.2, 0.25) is 0 Å². The van der Waals surface area contributed by atoms with Crippen LogP contribution in [0.5, 0.6) is 0 Å². The first-order valence-corrected chi connectivity index (χ1v) is 28.6. The number of nitrogens with two attached hydrogens (primary N) is 3. The van der Waals surface area contributed by atoms with Crippen molar-refractivity contribution in [3.8, 4) is 0 Å². The van der Waals surface area contributed by atoms with Crippen LogP contribution in [0.15, 0.2) is 34.9 Å². The summed E-state index contributed by atoms with van der Waals surface area (Å²) in [4.78, 5) is 96.8. The average molecular weight is 1180 g/mol. The smallest absolute Gasteiger partial charge is 0.387 e. The molecule has 9 rings (SSSR count). The van der Waals surface area contributed by atoms with Crippen molar-refractivity contribution in [2.45, 2.75) is 73.6 Å². The molecule has 6 aromatic rings. The van der Waals surface area contributed by atoms with Gasteiger partial charge in [0, 0.05) is 14.2 Å². The van der Waals surface area contributed by atoms with Gasteiger partial charge in [0.1, 0.15) is 66.8 Å². The Balaban J connectivity index is 0.866. The van der Waals surface area contributed by atoms with Gasteiger partial charge in [-0.15, -0.1) is 0 Å². The molecule has 16 atom stereocenters. The van der Waals surface area contributed by atoms with Gasteiger partial charge in [-0.3, -0.25) is 42.3 Å². The summed E-state index contributed by atoms with van der Waals surface area (Å²) in [6.07, 6.45) is -13.4. The molecule has 3 saturated heterocycles. The van der Waals surface area contributed by atoms with E-state index in [2.05, 4.69) is 48.5 Å². The van der Waals surface area contributed by atoms with Crippen LogP contribution in [-0.4, -0.2) is 177 Å². The number of hydrogen-bond donors (Lipinski definition) is 12. The predicted octanol–water partition coefficient (Wildman–Crippen LogP) is -3.94. The van der Waals surface area contributed by atoms with Crippen molar-refractivity contribution in [2.75, 3.05) is 51.2 Å². The quantitative estimate of drug-likeness (QED) is 0.0256. The van der Waals surface area contributed by atoms with Gasteiger partial charge in [-0.2, -0.15) is 23.2 Å². The number of nitrogens with one attached hydrogen (secondary N) is 2. The number of nitrogen functional groups attached to an aromatic ring is 3. The Hall–Kier alpha value is -4.73. The highest BCUT2D eigenvalue weighted by Crippen LogP contribution is 2.68. The van der Waals surface area contributed by atoms with Crippen LogP contribution in [0.4, 0.5) is 17.7 Å². The maximum Gasteiger partial charge on any atom is 0.490 e. The van der Waals surface area contributed by atoms with Crippen LogP contribution in [-0.2, 0) is 83.0 Å². The molecule has 0 saturated carbocycles. The van der Waals surface area contributed by atoms with Gasteiger partial charge < -0.3 is 80.3 Å². The van der Waals surface area contributed by atoms with Crippen molar-refractivity contribution in [2.24, 2.45) is 7.05 Å². The Morgan fingerprint density at radius 2 is 1.20 bits per heavy atom. The molecule has 16 unspecified atom stereocenters. The lowest BCUT2D eigenvalue weighted by Gasteiger charge is -2.28. The van der Waals surface area contributed by atoms with Gasteiger partial charge in [-0.05, 0) is 11.8 Å². The molecule has 3 aliphatic rings. The number of nitrogens with zero attached hydrogens (tertiary/aromatic N) is 10. The van der Waals surface area contributed by atoms with E-state index in [1.54, 1.807) is 0 Å². The zero-order valence-electron chi connectivity index (χ0n) is 38.9. The first-order chi connectivity index (χ1) is 35.7. The molecule has 416 valence electrons. The number of aryl methyl sites for hydroxylation is 1. The van der Waals surface area contributed by atoms with E-state index in [0.717, 1.165) is 31.4 Å². The minimum atomic E-state index is -6.15. The molecule has 0 aliphatic carbocycles. The molecule has 0 bridgehead atoms. The standard InChI is InChI=1S/C33H45N15O23P4S/c1-45-10-48(26-16(45)28(53)44-33(36)42-26)30-19(51)20(61-2)12(67-30)5-63-72(54,55)70-74(58,59)71-73(56,57)64-6-13-21(22(62-3)31(68-13)46-8-39-14-23(34)37-7-38-24(14)46)69-75(60,76)65-4-11-17(49)18(50)29(66-11)47-9-40-15-25(47)41-32(35)43-27(15)52/h7-13,17-22,29-31,49-51H,4-6H2,1-3H3,(H11-,34,35,36,37,38,41,42,43,44,52,53,54,55,56,57,58,59,60,76)/p+1. The maximum atomic E-state index is 13.3. The van der Waals surface area contributed by atoms with E-state index in [1.807, 2.05) is 0 Å². The third-order valence-corrected chi connectivity index (χ3v) is 17.6. The fourth-order valence-electron chi connectivity index (χ4n) is 8.57. The fourth-order valence-corrected chi connectivity index (χ4v) is 13.5. The minimum Gasteiger partial charge on any atom is -0.387 e. The number of aliphatic hydroxyl groups excluding tert-OH is 3. The largest absolute Gasteiger partial charge is 0.490 e. The molecule has 15 N–H and O–H groups in total. The number of aromatic nitrogens is 12. The number of fused-ring (bicyclic) bond motifs is 3. The number of imidazole rings is 3. The summed E-state index contributed by atoms with van der Waals surface area (Å²) in [5.74, 6) is -0.603. The van der Waals surface area contributed by atoms with Crippen LogP contribution < -0.4 is 32.9 Å². The topological polar surface area (TPSA) is 534 Å². The molecule has 3 aliphatic heterocycles. The summed E-state index contributed by atoms with van der Waals surface area (Å²) in [7, 11) is -14.0. The van der Waals surface area contributed by atoms with E-state index in [4.69, 9.17) is 70.8 Å². The van der Waals surface area contributed by atoms with Gasteiger partial charge in [0.05, 0.1) is 39.5 Å². The molecule has 43 heteroatoms. The number of methoxy groups -OCH3 is 2. The van der Waals surface area contributed by atoms with Crippen molar-refractivity contribution in [3.05, 3.63) is 46.0 Å². The number of aliphatic hydroxyl groups is 3. The monoisotopic (exact) mass is 1180 g/mol. The van der Waals surface area contributed by atoms with Crippen LogP contribution in [0, 0.1) is 0 Å². The number of ether oxygens (including phenoxy) is 5. The lowest BCUT2D eigenvalue weighted by Crippen LogP contribution is -2.38. The van der Waals surface area contributed by atoms with Crippen LogP contribution in [0.25, 0.3) is 33.5 Å². The van der Waals surface area contributed by atoms with E-state index in [0.29, 0.717) is 0 Å². The van der Waals surface area contributed by atoms with Crippen molar-refractivity contribution < 1.29 is 104 Å². The second-order valence-corrected chi connectivity index (χ2v) is 24.1. The number of aromatic amines is 2. The number of phosphoric acid groups is 3. The number of hydrogen-bond acceptors (Lipinski definition) is 29. The average Bonchev–Trinajstić information content (AvgIpc) is 4.18. The van der Waals surface area contributed by atoms with Gasteiger partial charge in [-0.1, -0.05) is 0 Å². The number of phosphoric ester groups is 2. The molecular formula is C33H46N15O23P4S+. The van der Waals surface area contributed by atoms with Crippen molar-refractivity contribution in [1.29, 1.82) is 0 Å². The first-order valence-electron chi connectivity index (χ1n) is 21.5. The predicted molar refractivity (Wildman–Crippen MR) is 250 cm³/mol. The second kappa shape index (κ2) is 21.1. The van der Waals surface area contributed by atoms with Gasteiger partial charge >= 0.3 is 35.7 Å². The highest BCUT2D eigenvalue weighted by Gasteiger charge is 2.53. The number of anilines is 3. The van der Waals surface area contributed by atoms with Gasteiger partial charge in [0.2, 0.25) is 24.5 Å². The fraction of sp³-hybridized carbons (Fsp3) is 0.545. The molecule has 38 nitrogen and oxygen atoms in total. The van der Waals surface area contributed by atoms with Crippen LogP contribution >= 0.6 is 30.2 Å². The molecule has 0 radical (unpaired) electrons. The second-order valence-electron chi connectivity index (χ2n) is 16.7. The van der Waals surface area contributed by atoms with Gasteiger partial charge in [0.15, 0.2) is 35.1 Å².